The first kappa shape index (κ1) is 13.6. The number of halogens is 1. The Morgan fingerprint density at radius 2 is 2.11 bits per heavy atom. The van der Waals surface area contributed by atoms with Crippen LogP contribution in [0.25, 0.3) is 10.6 Å². The summed E-state index contributed by atoms with van der Waals surface area (Å²) in [7, 11) is 0. The van der Waals surface area contributed by atoms with Crippen molar-refractivity contribution in [1.82, 2.24) is 15.3 Å². The quantitative estimate of drug-likeness (QED) is 0.929. The van der Waals surface area contributed by atoms with Crippen LogP contribution >= 0.6 is 27.3 Å². The zero-order chi connectivity index (χ0) is 13.1. The van der Waals surface area contributed by atoms with E-state index in [1.54, 1.807) is 11.3 Å². The molecule has 5 heteroatoms. The van der Waals surface area contributed by atoms with Gasteiger partial charge in [-0.1, -0.05) is 13.8 Å². The molecule has 0 radical (unpaired) electrons. The van der Waals surface area contributed by atoms with Gasteiger partial charge in [0.25, 0.3) is 0 Å². The topological polar surface area (TPSA) is 37.8 Å². The first-order valence-electron chi connectivity index (χ1n) is 5.87. The van der Waals surface area contributed by atoms with Crippen LogP contribution < -0.4 is 5.32 Å². The summed E-state index contributed by atoms with van der Waals surface area (Å²) in [5.41, 5.74) is 2.00. The zero-order valence-electron chi connectivity index (χ0n) is 10.7. The Hall–Kier alpha value is -0.780. The van der Waals surface area contributed by atoms with E-state index < -0.39 is 0 Å². The molecule has 18 heavy (non-hydrogen) atoms. The van der Waals surface area contributed by atoms with E-state index in [9.17, 15) is 0 Å². The van der Waals surface area contributed by atoms with Gasteiger partial charge in [0.05, 0.1) is 17.1 Å². The molecular formula is C13H16BrN3S. The summed E-state index contributed by atoms with van der Waals surface area (Å²) in [4.78, 5) is 10.2. The van der Waals surface area contributed by atoms with E-state index in [2.05, 4.69) is 56.5 Å². The van der Waals surface area contributed by atoms with Crippen LogP contribution in [0.3, 0.4) is 0 Å². The molecule has 0 unspecified atom stereocenters. The lowest BCUT2D eigenvalue weighted by molar-refractivity contribution is 0.571. The number of hydrogen-bond donors (Lipinski definition) is 1. The van der Waals surface area contributed by atoms with Crippen molar-refractivity contribution >= 4 is 27.3 Å². The molecule has 0 aliphatic rings. The molecule has 3 nitrogen and oxygen atoms in total. The number of nitrogens with zero attached hydrogens (tertiary/aromatic N) is 2. The average molecular weight is 326 g/mol. The molecule has 0 spiro atoms. The van der Waals surface area contributed by atoms with Gasteiger partial charge in [0.15, 0.2) is 0 Å². The van der Waals surface area contributed by atoms with Gasteiger partial charge in [-0.3, -0.25) is 0 Å². The third kappa shape index (κ3) is 3.60. The summed E-state index contributed by atoms with van der Waals surface area (Å²) in [6.07, 6.45) is 0. The fourth-order valence-corrected chi connectivity index (χ4v) is 2.97. The standard InChI is InChI=1S/C13H16BrN3S/c1-8(2)15-6-13-16-9(3)4-11(17-13)12-5-10(14)7-18-12/h4-5,7-8,15H,6H2,1-3H3. The molecule has 0 aromatic carbocycles. The molecule has 96 valence electrons. The normalized spacial score (nSPS) is 11.2. The first-order valence-corrected chi connectivity index (χ1v) is 7.54. The van der Waals surface area contributed by atoms with Gasteiger partial charge in [-0.25, -0.2) is 9.97 Å². The molecule has 2 heterocycles. The van der Waals surface area contributed by atoms with Gasteiger partial charge in [0, 0.05) is 21.6 Å². The largest absolute Gasteiger partial charge is 0.308 e. The van der Waals surface area contributed by atoms with Gasteiger partial charge in [-0.05, 0) is 35.0 Å². The predicted octanol–water partition coefficient (Wildman–Crippen LogP) is 3.77. The Kier molecular flexibility index (Phi) is 4.48. The number of aromatic nitrogens is 2. The Labute approximate surface area is 120 Å². The van der Waals surface area contributed by atoms with Crippen molar-refractivity contribution in [1.29, 1.82) is 0 Å². The fourth-order valence-electron chi connectivity index (χ4n) is 1.58. The maximum absolute atomic E-state index is 4.61. The lowest BCUT2D eigenvalue weighted by Crippen LogP contribution is -2.23. The highest BCUT2D eigenvalue weighted by molar-refractivity contribution is 9.10. The summed E-state index contributed by atoms with van der Waals surface area (Å²) in [5.74, 6) is 0.850. The Morgan fingerprint density at radius 1 is 1.33 bits per heavy atom. The molecule has 0 aliphatic heterocycles. The maximum Gasteiger partial charge on any atom is 0.143 e. The van der Waals surface area contributed by atoms with Gasteiger partial charge in [-0.2, -0.15) is 0 Å². The van der Waals surface area contributed by atoms with Crippen LogP contribution in [0.15, 0.2) is 22.0 Å². The van der Waals surface area contributed by atoms with E-state index in [-0.39, 0.29) is 0 Å². The van der Waals surface area contributed by atoms with E-state index >= 15 is 0 Å². The van der Waals surface area contributed by atoms with Crippen molar-refractivity contribution in [3.8, 4) is 10.6 Å². The molecular weight excluding hydrogens is 310 g/mol. The Balaban J connectivity index is 2.26. The lowest BCUT2D eigenvalue weighted by Gasteiger charge is -2.08. The fraction of sp³-hybridized carbons (Fsp3) is 0.385. The van der Waals surface area contributed by atoms with E-state index in [0.29, 0.717) is 12.6 Å². The van der Waals surface area contributed by atoms with Crippen molar-refractivity contribution in [3.63, 3.8) is 0 Å². The molecule has 0 atom stereocenters. The summed E-state index contributed by atoms with van der Waals surface area (Å²) < 4.78 is 1.10. The van der Waals surface area contributed by atoms with Crippen molar-refractivity contribution in [2.45, 2.75) is 33.4 Å². The predicted molar refractivity (Wildman–Crippen MR) is 79.8 cm³/mol. The van der Waals surface area contributed by atoms with Gasteiger partial charge in [0.1, 0.15) is 5.82 Å². The van der Waals surface area contributed by atoms with E-state index in [4.69, 9.17) is 0 Å². The van der Waals surface area contributed by atoms with Gasteiger partial charge in [0.2, 0.25) is 0 Å². The third-order valence-electron chi connectivity index (χ3n) is 2.39. The zero-order valence-corrected chi connectivity index (χ0v) is 13.1. The number of aryl methyl sites for hydroxylation is 1. The number of rotatable bonds is 4. The van der Waals surface area contributed by atoms with Crippen LogP contribution in [0.5, 0.6) is 0 Å². The first-order chi connectivity index (χ1) is 8.54. The van der Waals surface area contributed by atoms with Crippen molar-refractivity contribution in [2.24, 2.45) is 0 Å². The number of hydrogen-bond acceptors (Lipinski definition) is 4. The number of thiophene rings is 1. The second kappa shape index (κ2) is 5.91. The third-order valence-corrected chi connectivity index (χ3v) is 4.10. The summed E-state index contributed by atoms with van der Waals surface area (Å²) in [6.45, 7) is 6.95. The van der Waals surface area contributed by atoms with Gasteiger partial charge >= 0.3 is 0 Å². The molecule has 0 aliphatic carbocycles. The van der Waals surface area contributed by atoms with Crippen LogP contribution in [-0.4, -0.2) is 16.0 Å². The summed E-state index contributed by atoms with van der Waals surface area (Å²) in [5, 5.41) is 5.41. The lowest BCUT2D eigenvalue weighted by atomic mass is 10.3. The minimum atomic E-state index is 0.438. The van der Waals surface area contributed by atoms with Crippen molar-refractivity contribution in [2.75, 3.05) is 0 Å². The Bertz CT molecular complexity index is 537. The monoisotopic (exact) mass is 325 g/mol. The Morgan fingerprint density at radius 3 is 2.72 bits per heavy atom. The van der Waals surface area contributed by atoms with Crippen LogP contribution in [0.1, 0.15) is 25.4 Å². The van der Waals surface area contributed by atoms with Crippen LogP contribution in [0, 0.1) is 6.92 Å². The van der Waals surface area contributed by atoms with Gasteiger partial charge in [-0.15, -0.1) is 11.3 Å². The van der Waals surface area contributed by atoms with Crippen LogP contribution in [0.2, 0.25) is 0 Å². The smallest absolute Gasteiger partial charge is 0.143 e. The highest BCUT2D eigenvalue weighted by Gasteiger charge is 2.07. The van der Waals surface area contributed by atoms with E-state index in [1.165, 1.54) is 0 Å². The SMILES string of the molecule is Cc1cc(-c2cc(Br)cs2)nc(CNC(C)C)n1. The summed E-state index contributed by atoms with van der Waals surface area (Å²) in [6, 6.07) is 4.55. The molecule has 0 amide bonds. The number of nitrogens with one attached hydrogen (secondary N) is 1. The van der Waals surface area contributed by atoms with E-state index in [0.717, 1.165) is 26.6 Å². The second-order valence-corrected chi connectivity index (χ2v) is 6.30. The molecule has 0 bridgehead atoms. The van der Waals surface area contributed by atoms with Crippen LogP contribution in [0.4, 0.5) is 0 Å². The molecule has 0 fully saturated rings. The van der Waals surface area contributed by atoms with Crippen molar-refractivity contribution < 1.29 is 0 Å². The molecule has 0 saturated carbocycles. The summed E-state index contributed by atoms with van der Waals surface area (Å²) >= 11 is 5.16. The molecule has 1 N–H and O–H groups in total. The highest BCUT2D eigenvalue weighted by atomic mass is 79.9. The molecule has 0 saturated heterocycles. The maximum atomic E-state index is 4.61. The molecule has 2 aromatic heterocycles. The van der Waals surface area contributed by atoms with E-state index in [1.807, 2.05) is 13.0 Å². The van der Waals surface area contributed by atoms with Crippen molar-refractivity contribution in [3.05, 3.63) is 33.5 Å². The van der Waals surface area contributed by atoms with Crippen LogP contribution in [-0.2, 0) is 6.54 Å². The van der Waals surface area contributed by atoms with Gasteiger partial charge < -0.3 is 5.32 Å². The highest BCUT2D eigenvalue weighted by Crippen LogP contribution is 2.28. The minimum absolute atomic E-state index is 0.438. The second-order valence-electron chi connectivity index (χ2n) is 4.48. The minimum Gasteiger partial charge on any atom is -0.308 e. The average Bonchev–Trinajstić information content (AvgIpc) is 2.72. The molecule has 2 aromatic rings. The molecule has 2 rings (SSSR count).